The quantitative estimate of drug-likeness (QED) is 0.756. The summed E-state index contributed by atoms with van der Waals surface area (Å²) < 4.78 is 1.98. The van der Waals surface area contributed by atoms with Crippen molar-refractivity contribution in [2.75, 3.05) is 5.32 Å². The Balaban J connectivity index is 1.76. The molecule has 0 amide bonds. The van der Waals surface area contributed by atoms with Crippen LogP contribution in [-0.4, -0.2) is 9.55 Å². The number of halogens is 1. The molecule has 4 heteroatoms. The number of aromatic nitrogens is 2. The number of rotatable bonds is 4. The number of nitrogens with one attached hydrogen (secondary N) is 1. The molecule has 0 aliphatic rings. The van der Waals surface area contributed by atoms with Crippen LogP contribution in [-0.2, 0) is 0 Å². The van der Waals surface area contributed by atoms with Crippen LogP contribution in [0.4, 0.5) is 5.69 Å². The lowest BCUT2D eigenvalue weighted by atomic mass is 10.1. The molecule has 0 aliphatic heterocycles. The van der Waals surface area contributed by atoms with Crippen LogP contribution in [0.25, 0.3) is 5.69 Å². The Bertz CT molecular complexity index is 705. The molecule has 3 aromatic rings. The minimum absolute atomic E-state index is 0.182. The van der Waals surface area contributed by atoms with E-state index in [4.69, 9.17) is 11.6 Å². The van der Waals surface area contributed by atoms with E-state index in [1.165, 1.54) is 5.56 Å². The molecule has 2 aromatic carbocycles. The van der Waals surface area contributed by atoms with Gasteiger partial charge in [-0.3, -0.25) is 0 Å². The molecule has 1 N–H and O–H groups in total. The molecule has 0 spiro atoms. The Labute approximate surface area is 129 Å². The highest BCUT2D eigenvalue weighted by atomic mass is 35.5. The van der Waals surface area contributed by atoms with E-state index < -0.39 is 0 Å². The number of anilines is 1. The van der Waals surface area contributed by atoms with E-state index in [1.54, 1.807) is 12.5 Å². The molecule has 106 valence electrons. The maximum atomic E-state index is 6.18. The number of hydrogen-bond donors (Lipinski definition) is 1. The van der Waals surface area contributed by atoms with Gasteiger partial charge in [0.1, 0.15) is 0 Å². The van der Waals surface area contributed by atoms with Crippen LogP contribution < -0.4 is 5.32 Å². The normalized spacial score (nSPS) is 12.1. The molecule has 0 saturated heterocycles. The second-order valence-electron chi connectivity index (χ2n) is 4.91. The standard InChI is InChI=1S/C17H16ClN3/c1-13(20-17-5-3-2-4-16(17)18)14-6-8-15(9-7-14)21-11-10-19-12-21/h2-13,20H,1H3. The number of para-hydroxylation sites is 1. The minimum atomic E-state index is 0.182. The highest BCUT2D eigenvalue weighted by molar-refractivity contribution is 6.33. The SMILES string of the molecule is CC(Nc1ccccc1Cl)c1ccc(-n2ccnc2)cc1. The second-order valence-corrected chi connectivity index (χ2v) is 5.31. The van der Waals surface area contributed by atoms with E-state index in [0.29, 0.717) is 0 Å². The summed E-state index contributed by atoms with van der Waals surface area (Å²) in [6, 6.07) is 16.4. The van der Waals surface area contributed by atoms with Crippen LogP contribution in [0, 0.1) is 0 Å². The van der Waals surface area contributed by atoms with Gasteiger partial charge in [0.15, 0.2) is 0 Å². The Kier molecular flexibility index (Phi) is 3.93. The third-order valence-electron chi connectivity index (χ3n) is 3.44. The van der Waals surface area contributed by atoms with Gasteiger partial charge >= 0.3 is 0 Å². The number of imidazole rings is 1. The maximum absolute atomic E-state index is 6.18. The summed E-state index contributed by atoms with van der Waals surface area (Å²) >= 11 is 6.18. The monoisotopic (exact) mass is 297 g/mol. The second kappa shape index (κ2) is 6.02. The molecule has 0 fully saturated rings. The summed E-state index contributed by atoms with van der Waals surface area (Å²) in [7, 11) is 0. The van der Waals surface area contributed by atoms with Gasteiger partial charge in [0.05, 0.1) is 17.0 Å². The first-order valence-electron chi connectivity index (χ1n) is 6.83. The van der Waals surface area contributed by atoms with Crippen molar-refractivity contribution >= 4 is 17.3 Å². The average molecular weight is 298 g/mol. The predicted octanol–water partition coefficient (Wildman–Crippen LogP) is 4.70. The van der Waals surface area contributed by atoms with Crippen molar-refractivity contribution in [2.45, 2.75) is 13.0 Å². The lowest BCUT2D eigenvalue weighted by Crippen LogP contribution is -2.07. The first kappa shape index (κ1) is 13.7. The molecule has 0 aliphatic carbocycles. The summed E-state index contributed by atoms with van der Waals surface area (Å²) in [5, 5.41) is 4.17. The fourth-order valence-electron chi connectivity index (χ4n) is 2.24. The van der Waals surface area contributed by atoms with Crippen molar-refractivity contribution < 1.29 is 0 Å². The molecule has 3 nitrogen and oxygen atoms in total. The lowest BCUT2D eigenvalue weighted by molar-refractivity contribution is 0.883. The molecule has 3 rings (SSSR count). The average Bonchev–Trinajstić information content (AvgIpc) is 3.04. The topological polar surface area (TPSA) is 29.9 Å². The number of nitrogens with zero attached hydrogens (tertiary/aromatic N) is 2. The number of hydrogen-bond acceptors (Lipinski definition) is 2. The van der Waals surface area contributed by atoms with Gasteiger partial charge in [-0.05, 0) is 36.8 Å². The number of benzene rings is 2. The van der Waals surface area contributed by atoms with Gasteiger partial charge in [0, 0.05) is 24.1 Å². The van der Waals surface area contributed by atoms with Crippen LogP contribution in [0.5, 0.6) is 0 Å². The minimum Gasteiger partial charge on any atom is -0.377 e. The van der Waals surface area contributed by atoms with Gasteiger partial charge in [0.25, 0.3) is 0 Å². The Morgan fingerprint density at radius 3 is 2.52 bits per heavy atom. The van der Waals surface area contributed by atoms with Crippen LogP contribution in [0.3, 0.4) is 0 Å². The van der Waals surface area contributed by atoms with Crippen molar-refractivity contribution in [2.24, 2.45) is 0 Å². The summed E-state index contributed by atoms with van der Waals surface area (Å²) in [6.45, 7) is 2.12. The zero-order chi connectivity index (χ0) is 14.7. The maximum Gasteiger partial charge on any atom is 0.0991 e. The first-order valence-corrected chi connectivity index (χ1v) is 7.21. The smallest absolute Gasteiger partial charge is 0.0991 e. The Hall–Kier alpha value is -2.26. The summed E-state index contributed by atoms with van der Waals surface area (Å²) in [5.41, 5.74) is 3.25. The molecule has 1 heterocycles. The van der Waals surface area contributed by atoms with E-state index in [9.17, 15) is 0 Å². The zero-order valence-electron chi connectivity index (χ0n) is 11.7. The van der Waals surface area contributed by atoms with Crippen molar-refractivity contribution in [1.29, 1.82) is 0 Å². The highest BCUT2D eigenvalue weighted by Crippen LogP contribution is 2.26. The van der Waals surface area contributed by atoms with Gasteiger partial charge < -0.3 is 9.88 Å². The third-order valence-corrected chi connectivity index (χ3v) is 3.77. The molecular weight excluding hydrogens is 282 g/mol. The fraction of sp³-hybridized carbons (Fsp3) is 0.118. The van der Waals surface area contributed by atoms with E-state index in [1.807, 2.05) is 35.0 Å². The molecule has 1 aromatic heterocycles. The molecule has 0 radical (unpaired) electrons. The van der Waals surface area contributed by atoms with Crippen molar-refractivity contribution in [3.8, 4) is 5.69 Å². The zero-order valence-corrected chi connectivity index (χ0v) is 12.5. The molecule has 1 unspecified atom stereocenters. The van der Waals surface area contributed by atoms with Gasteiger partial charge in [-0.1, -0.05) is 35.9 Å². The van der Waals surface area contributed by atoms with E-state index in [-0.39, 0.29) is 6.04 Å². The molecule has 0 bridgehead atoms. The summed E-state index contributed by atoms with van der Waals surface area (Å²) in [4.78, 5) is 4.06. The predicted molar refractivity (Wildman–Crippen MR) is 87.1 cm³/mol. The molecule has 21 heavy (non-hydrogen) atoms. The molecule has 0 saturated carbocycles. The van der Waals surface area contributed by atoms with Crippen molar-refractivity contribution in [3.05, 3.63) is 77.8 Å². The van der Waals surface area contributed by atoms with Gasteiger partial charge in [-0.25, -0.2) is 4.98 Å². The fourth-order valence-corrected chi connectivity index (χ4v) is 2.43. The van der Waals surface area contributed by atoms with Crippen molar-refractivity contribution in [3.63, 3.8) is 0 Å². The third kappa shape index (κ3) is 3.09. The first-order chi connectivity index (χ1) is 10.2. The molecular formula is C17H16ClN3. The summed E-state index contributed by atoms with van der Waals surface area (Å²) in [6.07, 6.45) is 5.50. The van der Waals surface area contributed by atoms with E-state index >= 15 is 0 Å². The van der Waals surface area contributed by atoms with Crippen LogP contribution in [0.1, 0.15) is 18.5 Å². The highest BCUT2D eigenvalue weighted by Gasteiger charge is 2.07. The van der Waals surface area contributed by atoms with Gasteiger partial charge in [-0.15, -0.1) is 0 Å². The Morgan fingerprint density at radius 1 is 1.10 bits per heavy atom. The van der Waals surface area contributed by atoms with Gasteiger partial charge in [0.2, 0.25) is 0 Å². The largest absolute Gasteiger partial charge is 0.377 e. The lowest BCUT2D eigenvalue weighted by Gasteiger charge is -2.17. The van der Waals surface area contributed by atoms with Crippen LogP contribution in [0.15, 0.2) is 67.3 Å². The summed E-state index contributed by atoms with van der Waals surface area (Å²) in [5.74, 6) is 0. The molecule has 1 atom stereocenters. The van der Waals surface area contributed by atoms with Crippen LogP contribution in [0.2, 0.25) is 5.02 Å². The van der Waals surface area contributed by atoms with E-state index in [0.717, 1.165) is 16.4 Å². The van der Waals surface area contributed by atoms with Crippen LogP contribution >= 0.6 is 11.6 Å². The van der Waals surface area contributed by atoms with Crippen molar-refractivity contribution in [1.82, 2.24) is 9.55 Å². The Morgan fingerprint density at radius 2 is 1.86 bits per heavy atom. The van der Waals surface area contributed by atoms with E-state index in [2.05, 4.69) is 41.5 Å². The van der Waals surface area contributed by atoms with Gasteiger partial charge in [-0.2, -0.15) is 0 Å².